The first-order valence-electron chi connectivity index (χ1n) is 7.38. The molecule has 2 aromatic rings. The van der Waals surface area contributed by atoms with Gasteiger partial charge < -0.3 is 16.4 Å². The van der Waals surface area contributed by atoms with Crippen molar-refractivity contribution < 1.29 is 4.79 Å². The van der Waals surface area contributed by atoms with Gasteiger partial charge in [-0.3, -0.25) is 4.79 Å². The zero-order valence-corrected chi connectivity index (χ0v) is 12.5. The maximum atomic E-state index is 11.5. The van der Waals surface area contributed by atoms with Gasteiger partial charge in [0.1, 0.15) is 5.82 Å². The third-order valence-electron chi connectivity index (χ3n) is 3.93. The minimum absolute atomic E-state index is 0.199. The van der Waals surface area contributed by atoms with E-state index in [1.165, 1.54) is 11.1 Å². The van der Waals surface area contributed by atoms with Crippen LogP contribution in [0.25, 0.3) is 0 Å². The summed E-state index contributed by atoms with van der Waals surface area (Å²) in [6, 6.07) is 9.70. The SMILES string of the molecule is CNC(=O)c1ccc(NC2CCCc3cc(N)ccc32)nn1. The number of hydrogen-bond donors (Lipinski definition) is 3. The molecular formula is C16H19N5O. The molecule has 1 unspecified atom stereocenters. The van der Waals surface area contributed by atoms with Gasteiger partial charge in [0.2, 0.25) is 0 Å². The fraction of sp³-hybridized carbons (Fsp3) is 0.312. The Kier molecular flexibility index (Phi) is 3.91. The molecule has 114 valence electrons. The molecule has 0 fully saturated rings. The number of nitrogens with two attached hydrogens (primary N) is 1. The zero-order valence-electron chi connectivity index (χ0n) is 12.5. The molecule has 0 saturated heterocycles. The van der Waals surface area contributed by atoms with Crippen molar-refractivity contribution in [2.75, 3.05) is 18.1 Å². The summed E-state index contributed by atoms with van der Waals surface area (Å²) in [5.74, 6) is 0.430. The summed E-state index contributed by atoms with van der Waals surface area (Å²) >= 11 is 0. The van der Waals surface area contributed by atoms with Gasteiger partial charge in [-0.2, -0.15) is 0 Å². The molecule has 0 saturated carbocycles. The van der Waals surface area contributed by atoms with Gasteiger partial charge in [0.15, 0.2) is 5.69 Å². The van der Waals surface area contributed by atoms with E-state index in [4.69, 9.17) is 5.73 Å². The van der Waals surface area contributed by atoms with Gasteiger partial charge in [-0.25, -0.2) is 0 Å². The maximum Gasteiger partial charge on any atom is 0.271 e. The van der Waals surface area contributed by atoms with E-state index >= 15 is 0 Å². The quantitative estimate of drug-likeness (QED) is 0.753. The predicted molar refractivity (Wildman–Crippen MR) is 85.6 cm³/mol. The third-order valence-corrected chi connectivity index (χ3v) is 3.93. The van der Waals surface area contributed by atoms with E-state index < -0.39 is 0 Å². The van der Waals surface area contributed by atoms with Crippen molar-refractivity contribution in [3.05, 3.63) is 47.2 Å². The highest BCUT2D eigenvalue weighted by atomic mass is 16.1. The molecular weight excluding hydrogens is 278 g/mol. The lowest BCUT2D eigenvalue weighted by Gasteiger charge is -2.27. The van der Waals surface area contributed by atoms with E-state index in [9.17, 15) is 4.79 Å². The summed E-state index contributed by atoms with van der Waals surface area (Å²) in [5.41, 5.74) is 9.52. The summed E-state index contributed by atoms with van der Waals surface area (Å²) in [6.07, 6.45) is 3.20. The standard InChI is InChI=1S/C16H19N5O/c1-18-16(22)14-7-8-15(21-20-14)19-13-4-2-3-10-9-11(17)5-6-12(10)13/h5-9,13H,2-4,17H2,1H3,(H,18,22)(H,19,21). The first-order chi connectivity index (χ1) is 10.7. The van der Waals surface area contributed by atoms with Crippen LogP contribution in [0.5, 0.6) is 0 Å². The summed E-state index contributed by atoms with van der Waals surface area (Å²) in [4.78, 5) is 11.5. The molecule has 4 N–H and O–H groups in total. The second-order valence-electron chi connectivity index (χ2n) is 5.43. The van der Waals surface area contributed by atoms with Crippen LogP contribution in [-0.2, 0) is 6.42 Å². The Morgan fingerprint density at radius 2 is 2.14 bits per heavy atom. The first kappa shape index (κ1) is 14.3. The maximum absolute atomic E-state index is 11.5. The Morgan fingerprint density at radius 1 is 1.27 bits per heavy atom. The van der Waals surface area contributed by atoms with E-state index in [1.807, 2.05) is 12.1 Å². The van der Waals surface area contributed by atoms with Gasteiger partial charge in [0.25, 0.3) is 5.91 Å². The van der Waals surface area contributed by atoms with Gasteiger partial charge in [0.05, 0.1) is 6.04 Å². The molecule has 1 aliphatic rings. The normalized spacial score (nSPS) is 16.7. The van der Waals surface area contributed by atoms with Crippen LogP contribution in [0, 0.1) is 0 Å². The largest absolute Gasteiger partial charge is 0.399 e. The summed E-state index contributed by atoms with van der Waals surface area (Å²) in [5, 5.41) is 13.9. The fourth-order valence-electron chi connectivity index (χ4n) is 2.82. The number of hydrogen-bond acceptors (Lipinski definition) is 5. The molecule has 1 aromatic carbocycles. The van der Waals surface area contributed by atoms with Gasteiger partial charge in [-0.15, -0.1) is 10.2 Å². The van der Waals surface area contributed by atoms with E-state index in [-0.39, 0.29) is 11.9 Å². The Hall–Kier alpha value is -2.63. The van der Waals surface area contributed by atoms with E-state index in [2.05, 4.69) is 26.9 Å². The van der Waals surface area contributed by atoms with E-state index in [0.717, 1.165) is 24.9 Å². The number of benzene rings is 1. The van der Waals surface area contributed by atoms with Crippen LogP contribution in [0.15, 0.2) is 30.3 Å². The van der Waals surface area contributed by atoms with E-state index in [1.54, 1.807) is 19.2 Å². The number of carbonyl (C=O) groups is 1. The molecule has 6 heteroatoms. The summed E-state index contributed by atoms with van der Waals surface area (Å²) in [6.45, 7) is 0. The average Bonchev–Trinajstić information content (AvgIpc) is 2.55. The first-order valence-corrected chi connectivity index (χ1v) is 7.38. The number of carbonyl (C=O) groups excluding carboxylic acids is 1. The number of anilines is 2. The number of fused-ring (bicyclic) bond motifs is 1. The van der Waals surface area contributed by atoms with Crippen LogP contribution in [0.2, 0.25) is 0 Å². The molecule has 22 heavy (non-hydrogen) atoms. The van der Waals surface area contributed by atoms with Crippen molar-refractivity contribution in [1.29, 1.82) is 0 Å². The molecule has 6 nitrogen and oxygen atoms in total. The lowest BCUT2D eigenvalue weighted by atomic mass is 9.87. The number of nitrogen functional groups attached to an aromatic ring is 1. The number of amides is 1. The van der Waals surface area contributed by atoms with Gasteiger partial charge in [0, 0.05) is 12.7 Å². The third kappa shape index (κ3) is 2.86. The minimum atomic E-state index is -0.238. The smallest absolute Gasteiger partial charge is 0.271 e. The van der Waals surface area contributed by atoms with Crippen LogP contribution in [0.1, 0.15) is 40.5 Å². The predicted octanol–water partition coefficient (Wildman–Crippen LogP) is 1.91. The Labute approximate surface area is 129 Å². The highest BCUT2D eigenvalue weighted by Crippen LogP contribution is 2.33. The number of aromatic nitrogens is 2. The van der Waals surface area contributed by atoms with Crippen LogP contribution >= 0.6 is 0 Å². The Morgan fingerprint density at radius 3 is 2.86 bits per heavy atom. The highest BCUT2D eigenvalue weighted by molar-refractivity contribution is 5.91. The molecule has 1 aromatic heterocycles. The molecule has 1 amide bonds. The number of aryl methyl sites for hydroxylation is 1. The van der Waals surface area contributed by atoms with Crippen LogP contribution in [0.4, 0.5) is 11.5 Å². The molecule has 0 aliphatic heterocycles. The Balaban J connectivity index is 1.78. The zero-order chi connectivity index (χ0) is 15.5. The molecule has 3 rings (SSSR count). The Bertz CT molecular complexity index is 683. The van der Waals surface area contributed by atoms with Crippen LogP contribution in [-0.4, -0.2) is 23.2 Å². The number of nitrogens with zero attached hydrogens (tertiary/aromatic N) is 2. The lowest BCUT2D eigenvalue weighted by molar-refractivity contribution is 0.0957. The lowest BCUT2D eigenvalue weighted by Crippen LogP contribution is -2.21. The van der Waals surface area contributed by atoms with Crippen molar-refractivity contribution in [2.24, 2.45) is 0 Å². The topological polar surface area (TPSA) is 92.9 Å². The molecule has 1 atom stereocenters. The van der Waals surface area contributed by atoms with Gasteiger partial charge in [-0.1, -0.05) is 6.07 Å². The summed E-state index contributed by atoms with van der Waals surface area (Å²) < 4.78 is 0. The molecule has 0 bridgehead atoms. The second-order valence-corrected chi connectivity index (χ2v) is 5.43. The van der Waals surface area contributed by atoms with E-state index in [0.29, 0.717) is 11.5 Å². The fourth-order valence-corrected chi connectivity index (χ4v) is 2.82. The summed E-state index contributed by atoms with van der Waals surface area (Å²) in [7, 11) is 1.57. The van der Waals surface area contributed by atoms with Gasteiger partial charge >= 0.3 is 0 Å². The molecule has 1 heterocycles. The molecule has 1 aliphatic carbocycles. The van der Waals surface area contributed by atoms with Crippen molar-refractivity contribution in [1.82, 2.24) is 15.5 Å². The van der Waals surface area contributed by atoms with Crippen molar-refractivity contribution in [3.63, 3.8) is 0 Å². The molecule has 0 radical (unpaired) electrons. The van der Waals surface area contributed by atoms with Crippen molar-refractivity contribution in [2.45, 2.75) is 25.3 Å². The molecule has 0 spiro atoms. The average molecular weight is 297 g/mol. The van der Waals surface area contributed by atoms with Crippen LogP contribution in [0.3, 0.4) is 0 Å². The van der Waals surface area contributed by atoms with Gasteiger partial charge in [-0.05, 0) is 54.7 Å². The van der Waals surface area contributed by atoms with Crippen molar-refractivity contribution >= 4 is 17.4 Å². The number of nitrogens with one attached hydrogen (secondary N) is 2. The second kappa shape index (κ2) is 6.01. The highest BCUT2D eigenvalue weighted by Gasteiger charge is 2.20. The van der Waals surface area contributed by atoms with Crippen molar-refractivity contribution in [3.8, 4) is 0 Å². The number of rotatable bonds is 3. The van der Waals surface area contributed by atoms with Crippen LogP contribution < -0.4 is 16.4 Å². The minimum Gasteiger partial charge on any atom is -0.399 e. The monoisotopic (exact) mass is 297 g/mol.